The summed E-state index contributed by atoms with van der Waals surface area (Å²) < 4.78 is 4.85. The first-order valence-corrected chi connectivity index (χ1v) is 30.3. The van der Waals surface area contributed by atoms with Crippen LogP contribution in [0.15, 0.2) is 303 Å². The van der Waals surface area contributed by atoms with Crippen molar-refractivity contribution in [1.29, 1.82) is 0 Å². The van der Waals surface area contributed by atoms with E-state index in [4.69, 9.17) is 0 Å². The SMILES string of the molecule is c1ccc(-c2cccc(-n3c4ccccc4c4cc(-c5ccc(-c6ccc7c(c6)CN6CN7Cc7cc(-c8ccc(-c9ccc%10c(c9)c9ccccc9n%10-c9cccc(-c%10ccccc%10)c9)c9ccccc89)ccc76)c6ccccc56)ccc43)c2)cc1. The second-order valence-electron chi connectivity index (χ2n) is 23.6. The normalized spacial score (nSPS) is 12.9. The summed E-state index contributed by atoms with van der Waals surface area (Å²) in [4.78, 5) is 5.13. The third-order valence-electron chi connectivity index (χ3n) is 18.8. The lowest BCUT2D eigenvalue weighted by atomic mass is 9.89. The van der Waals surface area contributed by atoms with Crippen LogP contribution in [-0.4, -0.2) is 15.8 Å². The van der Waals surface area contributed by atoms with E-state index in [9.17, 15) is 0 Å². The van der Waals surface area contributed by atoms with Crippen LogP contribution in [0.3, 0.4) is 0 Å². The summed E-state index contributed by atoms with van der Waals surface area (Å²) in [7, 11) is 0. The molecule has 2 aromatic heterocycles. The van der Waals surface area contributed by atoms with Gasteiger partial charge in [-0.2, -0.15) is 0 Å². The minimum atomic E-state index is 0.854. The molecule has 18 rings (SSSR count). The van der Waals surface area contributed by atoms with Gasteiger partial charge in [0.05, 0.1) is 28.7 Å². The lowest BCUT2D eigenvalue weighted by Gasteiger charge is -2.45. The Morgan fingerprint density at radius 1 is 0.207 bits per heavy atom. The zero-order chi connectivity index (χ0) is 57.1. The summed E-state index contributed by atoms with van der Waals surface area (Å²) in [6.07, 6.45) is 0. The van der Waals surface area contributed by atoms with Crippen LogP contribution in [0.25, 0.3) is 143 Å². The standard InChI is InChI=1S/C83H56N4/c1-3-17-54(18-4-1)56-21-15-23-64(47-56)86-80-31-13-11-29-74(80)76-49-60(35-43-82(76)86)68-39-37-66(70-25-7-9-27-72(68)70)58-33-41-78-62(45-58)51-84-53-85(78)52-63-46-59(34-42-79(63)84)67-38-40-69(73-28-10-8-26-71(67)73)61-36-44-83-77(50-61)75-30-12-14-32-81(75)87(83)65-24-16-22-57(48-65)55-19-5-2-6-20-55/h1-50H,51-53H2. The molecule has 2 bridgehead atoms. The van der Waals surface area contributed by atoms with Crippen LogP contribution in [-0.2, 0) is 13.1 Å². The number of hydrogen-bond donors (Lipinski definition) is 0. The van der Waals surface area contributed by atoms with Crippen LogP contribution in [0.1, 0.15) is 11.1 Å². The predicted octanol–water partition coefficient (Wildman–Crippen LogP) is 21.5. The molecule has 14 aromatic carbocycles. The molecule has 0 radical (unpaired) electrons. The fourth-order valence-corrected chi connectivity index (χ4v) is 14.8. The molecule has 0 fully saturated rings. The van der Waals surface area contributed by atoms with E-state index in [0.29, 0.717) is 0 Å². The molecule has 408 valence electrons. The number of aromatic nitrogens is 2. The summed E-state index contributed by atoms with van der Waals surface area (Å²) in [5.74, 6) is 0. The smallest absolute Gasteiger partial charge is 0.0910 e. The highest BCUT2D eigenvalue weighted by Gasteiger charge is 2.30. The molecule has 0 amide bonds. The van der Waals surface area contributed by atoms with Crippen molar-refractivity contribution < 1.29 is 0 Å². The molecule has 0 unspecified atom stereocenters. The highest BCUT2D eigenvalue weighted by molar-refractivity contribution is 6.14. The van der Waals surface area contributed by atoms with E-state index in [2.05, 4.69) is 322 Å². The van der Waals surface area contributed by atoms with Gasteiger partial charge >= 0.3 is 0 Å². The van der Waals surface area contributed by atoms with Crippen LogP contribution in [0.4, 0.5) is 11.4 Å². The van der Waals surface area contributed by atoms with Gasteiger partial charge in [0.15, 0.2) is 0 Å². The van der Waals surface area contributed by atoms with Crippen LogP contribution < -0.4 is 9.80 Å². The van der Waals surface area contributed by atoms with Gasteiger partial charge in [-0.25, -0.2) is 0 Å². The molecule has 0 saturated carbocycles. The third kappa shape index (κ3) is 7.99. The van der Waals surface area contributed by atoms with Gasteiger partial charge in [0, 0.05) is 57.4 Å². The van der Waals surface area contributed by atoms with Crippen molar-refractivity contribution in [3.8, 4) is 78.1 Å². The van der Waals surface area contributed by atoms with E-state index in [0.717, 1.165) is 31.1 Å². The first kappa shape index (κ1) is 49.2. The molecule has 0 saturated heterocycles. The summed E-state index contributed by atoms with van der Waals surface area (Å²) in [6.45, 7) is 2.58. The Labute approximate surface area is 504 Å². The Morgan fingerprint density at radius 3 is 0.954 bits per heavy atom. The molecule has 0 spiro atoms. The Balaban J connectivity index is 0.646. The molecule has 4 heterocycles. The van der Waals surface area contributed by atoms with Crippen molar-refractivity contribution in [3.63, 3.8) is 0 Å². The fourth-order valence-electron chi connectivity index (χ4n) is 14.8. The van der Waals surface area contributed by atoms with Gasteiger partial charge < -0.3 is 18.9 Å². The largest absolute Gasteiger partial charge is 0.349 e. The Morgan fingerprint density at radius 2 is 0.540 bits per heavy atom. The molecule has 2 aliphatic rings. The van der Waals surface area contributed by atoms with Crippen LogP contribution >= 0.6 is 0 Å². The molecular formula is C83H56N4. The molecular weight excluding hydrogens is 1050 g/mol. The van der Waals surface area contributed by atoms with Crippen LogP contribution in [0.2, 0.25) is 0 Å². The lowest BCUT2D eigenvalue weighted by molar-refractivity contribution is 0.651. The summed E-state index contributed by atoms with van der Waals surface area (Å²) in [5.41, 5.74) is 27.3. The topological polar surface area (TPSA) is 16.3 Å². The maximum Gasteiger partial charge on any atom is 0.0910 e. The van der Waals surface area contributed by atoms with Crippen LogP contribution in [0.5, 0.6) is 0 Å². The van der Waals surface area contributed by atoms with Crippen molar-refractivity contribution in [2.75, 3.05) is 16.5 Å². The Bertz CT molecular complexity index is 5120. The number of para-hydroxylation sites is 2. The first-order chi connectivity index (χ1) is 43.1. The lowest BCUT2D eigenvalue weighted by Crippen LogP contribution is -2.46. The zero-order valence-electron chi connectivity index (χ0n) is 47.8. The molecule has 87 heavy (non-hydrogen) atoms. The number of fused-ring (bicyclic) bond motifs is 14. The molecule has 16 aromatic rings. The second-order valence-corrected chi connectivity index (χ2v) is 23.6. The first-order valence-electron chi connectivity index (χ1n) is 30.3. The quantitative estimate of drug-likeness (QED) is 0.151. The van der Waals surface area contributed by atoms with E-state index in [-0.39, 0.29) is 0 Å². The predicted molar refractivity (Wildman–Crippen MR) is 366 cm³/mol. The van der Waals surface area contributed by atoms with Gasteiger partial charge in [0.2, 0.25) is 0 Å². The van der Waals surface area contributed by atoms with Crippen molar-refractivity contribution in [3.05, 3.63) is 314 Å². The zero-order valence-corrected chi connectivity index (χ0v) is 47.8. The molecule has 2 aliphatic heterocycles. The van der Waals surface area contributed by atoms with Crippen molar-refractivity contribution >= 4 is 76.5 Å². The molecule has 0 N–H and O–H groups in total. The van der Waals surface area contributed by atoms with Gasteiger partial charge in [0.1, 0.15) is 0 Å². The van der Waals surface area contributed by atoms with E-state index < -0.39 is 0 Å². The molecule has 0 atom stereocenters. The van der Waals surface area contributed by atoms with Gasteiger partial charge in [0.25, 0.3) is 0 Å². The molecule has 4 nitrogen and oxygen atoms in total. The van der Waals surface area contributed by atoms with E-state index in [1.54, 1.807) is 0 Å². The highest BCUT2D eigenvalue weighted by Crippen LogP contribution is 2.46. The number of benzene rings is 14. The van der Waals surface area contributed by atoms with Gasteiger partial charge in [-0.05, 0) is 184 Å². The second kappa shape index (κ2) is 19.7. The van der Waals surface area contributed by atoms with Crippen molar-refractivity contribution in [2.45, 2.75) is 13.1 Å². The van der Waals surface area contributed by atoms with Gasteiger partial charge in [-0.3, -0.25) is 0 Å². The minimum absolute atomic E-state index is 0.854. The monoisotopic (exact) mass is 1110 g/mol. The number of hydrogen-bond acceptors (Lipinski definition) is 2. The highest BCUT2D eigenvalue weighted by atomic mass is 15.4. The fraction of sp³-hybridized carbons (Fsp3) is 0.0361. The average Bonchev–Trinajstić information content (AvgIpc) is 2.16. The van der Waals surface area contributed by atoms with Crippen molar-refractivity contribution in [2.24, 2.45) is 0 Å². The maximum absolute atomic E-state index is 2.57. The third-order valence-corrected chi connectivity index (χ3v) is 18.8. The summed E-state index contributed by atoms with van der Waals surface area (Å²) in [5, 5.41) is 10.0. The minimum Gasteiger partial charge on any atom is -0.349 e. The van der Waals surface area contributed by atoms with Crippen molar-refractivity contribution in [1.82, 2.24) is 9.13 Å². The Kier molecular flexibility index (Phi) is 11.2. The maximum atomic E-state index is 2.57. The average molecular weight is 1110 g/mol. The summed E-state index contributed by atoms with van der Waals surface area (Å²) in [6, 6.07) is 113. The molecule has 4 heteroatoms. The van der Waals surface area contributed by atoms with E-state index in [1.165, 1.54) is 154 Å². The van der Waals surface area contributed by atoms with E-state index in [1.807, 2.05) is 0 Å². The van der Waals surface area contributed by atoms with Gasteiger partial charge in [-0.1, -0.05) is 218 Å². The number of anilines is 2. The molecule has 0 aliphatic carbocycles. The van der Waals surface area contributed by atoms with E-state index >= 15 is 0 Å². The number of nitrogens with zero attached hydrogens (tertiary/aromatic N) is 4. The number of rotatable bonds is 8. The summed E-state index contributed by atoms with van der Waals surface area (Å²) >= 11 is 0. The Hall–Kier alpha value is -11.2. The van der Waals surface area contributed by atoms with Gasteiger partial charge in [-0.15, -0.1) is 0 Å². The van der Waals surface area contributed by atoms with Crippen LogP contribution in [0, 0.1) is 0 Å².